The first-order valence-electron chi connectivity index (χ1n) is 9.75. The summed E-state index contributed by atoms with van der Waals surface area (Å²) in [5.74, 6) is 0.663. The molecule has 1 N–H and O–H groups in total. The van der Waals surface area contributed by atoms with Gasteiger partial charge in [-0.2, -0.15) is 8.42 Å². The molecule has 0 spiro atoms. The number of urea groups is 1. The molecule has 0 heterocycles. The molecular formula is C22H30N2O4S. The van der Waals surface area contributed by atoms with Crippen LogP contribution in [-0.2, 0) is 16.7 Å². The number of carbonyl (C=O) groups is 1. The normalized spacial score (nSPS) is 12.5. The number of benzene rings is 2. The molecule has 7 heteroatoms. The lowest BCUT2D eigenvalue weighted by molar-refractivity contribution is 0.187. The highest BCUT2D eigenvalue weighted by Crippen LogP contribution is 2.21. The molecule has 0 aliphatic rings. The minimum absolute atomic E-state index is 0.00409. The summed E-state index contributed by atoms with van der Waals surface area (Å²) in [6, 6.07) is 14.4. The first-order valence-corrected chi connectivity index (χ1v) is 11.6. The Balaban J connectivity index is 2.16. The molecule has 0 aliphatic heterocycles. The zero-order chi connectivity index (χ0) is 21.6. The largest absolute Gasteiger partial charge is 0.383 e. The maximum absolute atomic E-state index is 12.9. The van der Waals surface area contributed by atoms with Gasteiger partial charge in [0.2, 0.25) is 0 Å². The molecule has 1 unspecified atom stereocenters. The Bertz CT molecular complexity index is 924. The molecule has 0 saturated heterocycles. The van der Waals surface area contributed by atoms with E-state index < -0.39 is 10.1 Å². The molecule has 158 valence electrons. The van der Waals surface area contributed by atoms with Gasteiger partial charge in [-0.1, -0.05) is 45.0 Å². The van der Waals surface area contributed by atoms with E-state index in [2.05, 4.69) is 19.2 Å². The van der Waals surface area contributed by atoms with Crippen molar-refractivity contribution in [2.24, 2.45) is 0 Å². The van der Waals surface area contributed by atoms with Crippen LogP contribution in [0.25, 0.3) is 0 Å². The molecule has 0 saturated carbocycles. The van der Waals surface area contributed by atoms with Crippen LogP contribution in [0.5, 0.6) is 5.75 Å². The fraction of sp³-hybridized carbons (Fsp3) is 0.409. The summed E-state index contributed by atoms with van der Waals surface area (Å²) in [6.45, 7) is 8.59. The van der Waals surface area contributed by atoms with Crippen molar-refractivity contribution in [1.29, 1.82) is 0 Å². The van der Waals surface area contributed by atoms with Gasteiger partial charge in [0, 0.05) is 18.3 Å². The molecule has 2 aromatic rings. The van der Waals surface area contributed by atoms with E-state index in [0.29, 0.717) is 12.5 Å². The van der Waals surface area contributed by atoms with Crippen molar-refractivity contribution in [3.8, 4) is 5.75 Å². The predicted molar refractivity (Wildman–Crippen MR) is 117 cm³/mol. The van der Waals surface area contributed by atoms with Gasteiger partial charge in [0.05, 0.1) is 6.26 Å². The zero-order valence-electron chi connectivity index (χ0n) is 17.7. The maximum Gasteiger partial charge on any atom is 0.322 e. The first kappa shape index (κ1) is 22.7. The van der Waals surface area contributed by atoms with Gasteiger partial charge in [-0.3, -0.25) is 0 Å². The van der Waals surface area contributed by atoms with Gasteiger partial charge in [0.1, 0.15) is 5.75 Å². The summed E-state index contributed by atoms with van der Waals surface area (Å²) in [4.78, 5) is 14.7. The minimum atomic E-state index is -3.60. The van der Waals surface area contributed by atoms with Gasteiger partial charge < -0.3 is 14.4 Å². The van der Waals surface area contributed by atoms with Crippen molar-refractivity contribution in [3.63, 3.8) is 0 Å². The van der Waals surface area contributed by atoms with Crippen LogP contribution in [0.2, 0.25) is 0 Å². The van der Waals surface area contributed by atoms with E-state index in [1.54, 1.807) is 23.1 Å². The van der Waals surface area contributed by atoms with Gasteiger partial charge in [0.25, 0.3) is 0 Å². The fourth-order valence-corrected chi connectivity index (χ4v) is 3.32. The smallest absolute Gasteiger partial charge is 0.322 e. The van der Waals surface area contributed by atoms with Crippen molar-refractivity contribution in [1.82, 2.24) is 4.90 Å². The number of hydrogen-bond donors (Lipinski definition) is 1. The first-order chi connectivity index (χ1) is 13.6. The van der Waals surface area contributed by atoms with Crippen molar-refractivity contribution in [3.05, 3.63) is 59.7 Å². The lowest BCUT2D eigenvalue weighted by atomic mass is 10.0. The van der Waals surface area contributed by atoms with Crippen molar-refractivity contribution in [2.75, 3.05) is 11.6 Å². The summed E-state index contributed by atoms with van der Waals surface area (Å²) in [5, 5.41) is 2.96. The van der Waals surface area contributed by atoms with Crippen LogP contribution in [0, 0.1) is 0 Å². The summed E-state index contributed by atoms with van der Waals surface area (Å²) < 4.78 is 27.7. The number of anilines is 1. The Kier molecular flexibility index (Phi) is 7.67. The Morgan fingerprint density at radius 1 is 1.10 bits per heavy atom. The molecule has 0 fully saturated rings. The summed E-state index contributed by atoms with van der Waals surface area (Å²) in [5.41, 5.74) is 2.74. The number of carbonyl (C=O) groups excluding carboxylic acids is 1. The SMILES string of the molecule is CCC(C)N(Cc1cccc(OS(C)(=O)=O)c1)C(=O)Nc1ccc(C(C)C)cc1. The molecule has 0 radical (unpaired) electrons. The van der Waals surface area contributed by atoms with Crippen molar-refractivity contribution < 1.29 is 17.4 Å². The topological polar surface area (TPSA) is 75.7 Å². The second kappa shape index (κ2) is 9.78. The van der Waals surface area contributed by atoms with E-state index in [9.17, 15) is 13.2 Å². The fourth-order valence-electron chi connectivity index (χ4n) is 2.86. The molecule has 2 rings (SSSR count). The van der Waals surface area contributed by atoms with Gasteiger partial charge in [-0.25, -0.2) is 4.79 Å². The number of nitrogens with one attached hydrogen (secondary N) is 1. The van der Waals surface area contributed by atoms with Crippen LogP contribution in [0.15, 0.2) is 48.5 Å². The van der Waals surface area contributed by atoms with Crippen LogP contribution >= 0.6 is 0 Å². The molecule has 1 atom stereocenters. The lowest BCUT2D eigenvalue weighted by Gasteiger charge is -2.29. The summed E-state index contributed by atoms with van der Waals surface area (Å²) >= 11 is 0. The second-order valence-corrected chi connectivity index (χ2v) is 9.10. The van der Waals surface area contributed by atoms with Crippen LogP contribution < -0.4 is 9.50 Å². The highest BCUT2D eigenvalue weighted by molar-refractivity contribution is 7.86. The Labute approximate surface area is 174 Å². The van der Waals surface area contributed by atoms with Crippen molar-refractivity contribution >= 4 is 21.8 Å². The average Bonchev–Trinajstić information content (AvgIpc) is 2.64. The molecule has 2 amide bonds. The lowest BCUT2D eigenvalue weighted by Crippen LogP contribution is -2.40. The quantitative estimate of drug-likeness (QED) is 0.614. The molecular weight excluding hydrogens is 388 g/mol. The molecule has 29 heavy (non-hydrogen) atoms. The van der Waals surface area contributed by atoms with E-state index in [1.165, 1.54) is 5.56 Å². The van der Waals surface area contributed by atoms with Crippen molar-refractivity contribution in [2.45, 2.75) is 52.6 Å². The average molecular weight is 419 g/mol. The van der Waals surface area contributed by atoms with E-state index >= 15 is 0 Å². The van der Waals surface area contributed by atoms with Crippen LogP contribution in [0.4, 0.5) is 10.5 Å². The Hall–Kier alpha value is -2.54. The van der Waals surface area contributed by atoms with Crippen LogP contribution in [-0.4, -0.2) is 31.6 Å². The standard InChI is InChI=1S/C22H30N2O4S/c1-6-17(4)24(15-18-8-7-9-21(14-18)28-29(5,26)27)22(25)23-20-12-10-19(11-13-20)16(2)3/h7-14,16-17H,6,15H2,1-5H3,(H,23,25). The van der Waals surface area contributed by atoms with Crippen LogP contribution in [0.1, 0.15) is 51.2 Å². The minimum Gasteiger partial charge on any atom is -0.383 e. The van der Waals surface area contributed by atoms with E-state index in [1.807, 2.05) is 44.2 Å². The Morgan fingerprint density at radius 2 is 1.76 bits per heavy atom. The summed E-state index contributed by atoms with van der Waals surface area (Å²) in [6.07, 6.45) is 1.79. The molecule has 6 nitrogen and oxygen atoms in total. The van der Waals surface area contributed by atoms with E-state index in [-0.39, 0.29) is 17.8 Å². The maximum atomic E-state index is 12.9. The molecule has 0 bridgehead atoms. The second-order valence-electron chi connectivity index (χ2n) is 7.53. The third-order valence-corrected chi connectivity index (χ3v) is 5.21. The highest BCUT2D eigenvalue weighted by atomic mass is 32.2. The Morgan fingerprint density at radius 3 is 2.31 bits per heavy atom. The third-order valence-electron chi connectivity index (χ3n) is 4.71. The number of rotatable bonds is 8. The number of nitrogens with zero attached hydrogens (tertiary/aromatic N) is 1. The van der Waals surface area contributed by atoms with Gasteiger partial charge in [-0.15, -0.1) is 0 Å². The number of hydrogen-bond acceptors (Lipinski definition) is 4. The van der Waals surface area contributed by atoms with E-state index in [4.69, 9.17) is 4.18 Å². The van der Waals surface area contributed by atoms with Gasteiger partial charge >= 0.3 is 16.1 Å². The molecule has 0 aromatic heterocycles. The third kappa shape index (κ3) is 7.09. The van der Waals surface area contributed by atoms with Gasteiger partial charge in [0.15, 0.2) is 0 Å². The highest BCUT2D eigenvalue weighted by Gasteiger charge is 2.20. The zero-order valence-corrected chi connectivity index (χ0v) is 18.5. The monoisotopic (exact) mass is 418 g/mol. The summed E-state index contributed by atoms with van der Waals surface area (Å²) in [7, 11) is -3.60. The van der Waals surface area contributed by atoms with Crippen LogP contribution in [0.3, 0.4) is 0 Å². The van der Waals surface area contributed by atoms with E-state index in [0.717, 1.165) is 23.9 Å². The number of amides is 2. The van der Waals surface area contributed by atoms with Gasteiger partial charge in [-0.05, 0) is 54.7 Å². The predicted octanol–water partition coefficient (Wildman–Crippen LogP) is 4.98. The molecule has 0 aliphatic carbocycles. The molecule has 2 aromatic carbocycles.